The Kier molecular flexibility index (Phi) is 5.57. The van der Waals surface area contributed by atoms with Gasteiger partial charge in [0, 0.05) is 16.1 Å². The van der Waals surface area contributed by atoms with Gasteiger partial charge in [0.05, 0.1) is 16.2 Å². The van der Waals surface area contributed by atoms with Crippen LogP contribution in [0.5, 0.6) is 0 Å². The summed E-state index contributed by atoms with van der Waals surface area (Å²) in [5.41, 5.74) is -0.253. The molecule has 0 radical (unpaired) electrons. The number of carbonyl (C=O) groups is 1. The second kappa shape index (κ2) is 8.16. The number of nitrogens with zero attached hydrogens (tertiary/aromatic N) is 1. The fourth-order valence-corrected chi connectivity index (χ4v) is 3.81. The minimum atomic E-state index is -4.54. The number of carbonyl (C=O) groups excluding carboxylic acids is 1. The number of alkyl halides is 3. The first-order valence-electron chi connectivity index (χ1n) is 8.61. The molecule has 30 heavy (non-hydrogen) atoms. The average Bonchev–Trinajstić information content (AvgIpc) is 3.29. The third kappa shape index (κ3) is 4.52. The Morgan fingerprint density at radius 2 is 1.77 bits per heavy atom. The Balaban J connectivity index is 1.57. The molecule has 2 heterocycles. The molecule has 152 valence electrons. The third-order valence-electron chi connectivity index (χ3n) is 4.11. The van der Waals surface area contributed by atoms with E-state index >= 15 is 0 Å². The molecule has 0 bridgehead atoms. The zero-order valence-corrected chi connectivity index (χ0v) is 17.4. The van der Waals surface area contributed by atoms with Crippen molar-refractivity contribution in [3.63, 3.8) is 0 Å². The quantitative estimate of drug-likeness (QED) is 0.418. The second-order valence-electron chi connectivity index (χ2n) is 6.21. The van der Waals surface area contributed by atoms with Crippen LogP contribution in [0.2, 0.25) is 0 Å². The van der Waals surface area contributed by atoms with Gasteiger partial charge in [-0.2, -0.15) is 13.2 Å². The maximum absolute atomic E-state index is 13.1. The van der Waals surface area contributed by atoms with Gasteiger partial charge in [-0.05, 0) is 48.2 Å². The Morgan fingerprint density at radius 3 is 2.50 bits per heavy atom. The minimum absolute atomic E-state index is 0.0719. The molecule has 1 aromatic heterocycles. The maximum atomic E-state index is 13.1. The highest BCUT2D eigenvalue weighted by Crippen LogP contribution is 2.37. The van der Waals surface area contributed by atoms with Crippen molar-refractivity contribution in [2.45, 2.75) is 6.18 Å². The Morgan fingerprint density at radius 1 is 1.03 bits per heavy atom. The fraction of sp³-hybridized carbons (Fsp3) is 0.0476. The van der Waals surface area contributed by atoms with E-state index in [4.69, 9.17) is 4.42 Å². The van der Waals surface area contributed by atoms with Gasteiger partial charge in [-0.15, -0.1) is 0 Å². The van der Waals surface area contributed by atoms with Gasteiger partial charge in [0.25, 0.3) is 5.91 Å². The fourth-order valence-electron chi connectivity index (χ4n) is 2.73. The molecule has 1 saturated heterocycles. The van der Waals surface area contributed by atoms with Crippen LogP contribution >= 0.6 is 27.7 Å². The SMILES string of the molecule is O=C1NC(=Nc2ccccc2C(F)(F)F)S/C1=C/c1ccc(-c2ccc(Br)cc2)o1. The van der Waals surface area contributed by atoms with Gasteiger partial charge in [-0.3, -0.25) is 4.79 Å². The molecule has 1 aliphatic rings. The second-order valence-corrected chi connectivity index (χ2v) is 8.15. The molecule has 3 aromatic rings. The summed E-state index contributed by atoms with van der Waals surface area (Å²) in [4.78, 5) is 16.5. The molecule has 2 aromatic carbocycles. The van der Waals surface area contributed by atoms with Crippen LogP contribution in [-0.2, 0) is 11.0 Å². The number of amides is 1. The van der Waals surface area contributed by atoms with E-state index in [0.717, 1.165) is 27.9 Å². The lowest BCUT2D eigenvalue weighted by atomic mass is 10.2. The lowest BCUT2D eigenvalue weighted by molar-refractivity contribution is -0.137. The van der Waals surface area contributed by atoms with Crippen LogP contribution < -0.4 is 5.32 Å². The van der Waals surface area contributed by atoms with E-state index in [1.54, 1.807) is 12.1 Å². The molecular weight excluding hydrogens is 481 g/mol. The maximum Gasteiger partial charge on any atom is 0.418 e. The van der Waals surface area contributed by atoms with E-state index in [1.165, 1.54) is 24.3 Å². The molecule has 1 fully saturated rings. The molecule has 1 aliphatic heterocycles. The predicted octanol–water partition coefficient (Wildman–Crippen LogP) is 6.62. The van der Waals surface area contributed by atoms with Crippen molar-refractivity contribution in [1.82, 2.24) is 5.32 Å². The highest BCUT2D eigenvalue weighted by atomic mass is 79.9. The van der Waals surface area contributed by atoms with Crippen molar-refractivity contribution >= 4 is 50.5 Å². The molecular formula is C21H12BrF3N2O2S. The lowest BCUT2D eigenvalue weighted by Gasteiger charge is -2.09. The summed E-state index contributed by atoms with van der Waals surface area (Å²) in [6.45, 7) is 0. The summed E-state index contributed by atoms with van der Waals surface area (Å²) in [6, 6.07) is 16.0. The molecule has 0 saturated carbocycles. The summed E-state index contributed by atoms with van der Waals surface area (Å²) in [5.74, 6) is 0.623. The largest absolute Gasteiger partial charge is 0.457 e. The van der Waals surface area contributed by atoms with Crippen molar-refractivity contribution < 1.29 is 22.4 Å². The lowest BCUT2D eigenvalue weighted by Crippen LogP contribution is -2.19. The number of rotatable bonds is 3. The Bertz CT molecular complexity index is 1170. The van der Waals surface area contributed by atoms with Gasteiger partial charge in [-0.25, -0.2) is 4.99 Å². The number of aliphatic imine (C=N–C) groups is 1. The number of para-hydroxylation sites is 1. The van der Waals surface area contributed by atoms with Crippen LogP contribution in [0.1, 0.15) is 11.3 Å². The van der Waals surface area contributed by atoms with Crippen LogP contribution in [0.25, 0.3) is 17.4 Å². The molecule has 4 nitrogen and oxygen atoms in total. The number of hydrogen-bond donors (Lipinski definition) is 1. The van der Waals surface area contributed by atoms with E-state index in [9.17, 15) is 18.0 Å². The monoisotopic (exact) mass is 492 g/mol. The van der Waals surface area contributed by atoms with Gasteiger partial charge < -0.3 is 9.73 Å². The normalized spacial score (nSPS) is 17.0. The van der Waals surface area contributed by atoms with Gasteiger partial charge >= 0.3 is 6.18 Å². The highest BCUT2D eigenvalue weighted by molar-refractivity contribution is 9.10. The van der Waals surface area contributed by atoms with Gasteiger partial charge in [0.1, 0.15) is 11.5 Å². The first kappa shape index (κ1) is 20.5. The van der Waals surface area contributed by atoms with Crippen molar-refractivity contribution in [3.05, 3.63) is 81.4 Å². The van der Waals surface area contributed by atoms with Gasteiger partial charge in [0.2, 0.25) is 0 Å². The number of furan rings is 1. The van der Waals surface area contributed by atoms with Crippen LogP contribution in [-0.4, -0.2) is 11.1 Å². The molecule has 0 atom stereocenters. The molecule has 0 unspecified atom stereocenters. The summed E-state index contributed by atoms with van der Waals surface area (Å²) < 4.78 is 46.1. The summed E-state index contributed by atoms with van der Waals surface area (Å²) in [5, 5.41) is 2.56. The van der Waals surface area contributed by atoms with E-state index in [2.05, 4.69) is 26.2 Å². The van der Waals surface area contributed by atoms with Crippen LogP contribution in [0, 0.1) is 0 Å². The smallest absolute Gasteiger partial charge is 0.418 e. The number of hydrogen-bond acceptors (Lipinski definition) is 4. The van der Waals surface area contributed by atoms with E-state index < -0.39 is 17.6 Å². The van der Waals surface area contributed by atoms with Crippen LogP contribution in [0.3, 0.4) is 0 Å². The number of thioether (sulfide) groups is 1. The molecule has 9 heteroatoms. The number of nitrogens with one attached hydrogen (secondary N) is 1. The van der Waals surface area contributed by atoms with E-state index in [1.807, 2.05) is 24.3 Å². The number of halogens is 4. The zero-order chi connectivity index (χ0) is 21.3. The topological polar surface area (TPSA) is 54.6 Å². The van der Waals surface area contributed by atoms with Crippen molar-refractivity contribution in [2.24, 2.45) is 4.99 Å². The van der Waals surface area contributed by atoms with Gasteiger partial charge in [-0.1, -0.05) is 40.2 Å². The minimum Gasteiger partial charge on any atom is -0.457 e. The van der Waals surface area contributed by atoms with E-state index in [0.29, 0.717) is 11.5 Å². The average molecular weight is 493 g/mol. The first-order valence-corrected chi connectivity index (χ1v) is 10.2. The molecule has 1 amide bonds. The predicted molar refractivity (Wildman–Crippen MR) is 114 cm³/mol. The highest BCUT2D eigenvalue weighted by Gasteiger charge is 2.34. The van der Waals surface area contributed by atoms with Gasteiger partial charge in [0.15, 0.2) is 5.17 Å². The number of amidine groups is 1. The van der Waals surface area contributed by atoms with Crippen LogP contribution in [0.4, 0.5) is 18.9 Å². The van der Waals surface area contributed by atoms with Crippen molar-refractivity contribution in [3.8, 4) is 11.3 Å². The molecule has 1 N–H and O–H groups in total. The van der Waals surface area contributed by atoms with Crippen molar-refractivity contribution in [2.75, 3.05) is 0 Å². The summed E-state index contributed by atoms with van der Waals surface area (Å²) >= 11 is 4.32. The van der Waals surface area contributed by atoms with E-state index in [-0.39, 0.29) is 15.8 Å². The van der Waals surface area contributed by atoms with Crippen molar-refractivity contribution in [1.29, 1.82) is 0 Å². The standard InChI is InChI=1S/C21H12BrF3N2O2S/c22-13-7-5-12(6-8-13)17-10-9-14(29-17)11-18-19(28)27-20(30-18)26-16-4-2-1-3-15(16)21(23,24)25/h1-11H,(H,26,27,28)/b18-11+. The molecule has 0 aliphatic carbocycles. The summed E-state index contributed by atoms with van der Waals surface area (Å²) in [7, 11) is 0. The van der Waals surface area contributed by atoms with Crippen LogP contribution in [0.15, 0.2) is 79.5 Å². The molecule has 0 spiro atoms. The molecule has 4 rings (SSSR count). The summed E-state index contributed by atoms with van der Waals surface area (Å²) in [6.07, 6.45) is -3.01. The first-order chi connectivity index (χ1) is 14.3. The zero-order valence-electron chi connectivity index (χ0n) is 15.0. The Hall–Kier alpha value is -2.78. The Labute approximate surface area is 182 Å². The number of benzene rings is 2. The third-order valence-corrected chi connectivity index (χ3v) is 5.55.